The Kier molecular flexibility index (Phi) is 2.97. The predicted octanol–water partition coefficient (Wildman–Crippen LogP) is 3.37. The number of rotatable bonds is 3. The van der Waals surface area contributed by atoms with Crippen molar-refractivity contribution >= 4 is 21.9 Å². The summed E-state index contributed by atoms with van der Waals surface area (Å²) in [7, 11) is 0. The van der Waals surface area contributed by atoms with Crippen LogP contribution in [-0.2, 0) is 10.2 Å². The zero-order chi connectivity index (χ0) is 14.5. The lowest BCUT2D eigenvalue weighted by Gasteiger charge is -2.07. The van der Waals surface area contributed by atoms with Crippen LogP contribution in [0.4, 0.5) is 0 Å². The molecule has 1 aromatic heterocycles. The van der Waals surface area contributed by atoms with Crippen LogP contribution in [0.25, 0.3) is 5.69 Å². The first-order valence-corrected chi connectivity index (χ1v) is 7.30. The molecule has 0 atom stereocenters. The smallest absolute Gasteiger partial charge is 0.315 e. The van der Waals surface area contributed by atoms with Gasteiger partial charge in [-0.1, -0.05) is 15.9 Å². The fourth-order valence-corrected chi connectivity index (χ4v) is 2.68. The summed E-state index contributed by atoms with van der Waals surface area (Å²) in [5, 5.41) is 13.9. The van der Waals surface area contributed by atoms with Crippen LogP contribution < -0.4 is 0 Å². The molecule has 0 saturated heterocycles. The number of carboxylic acid groups (broad SMARTS) is 1. The molecule has 0 amide bonds. The van der Waals surface area contributed by atoms with Crippen molar-refractivity contribution < 1.29 is 9.90 Å². The number of carboxylic acids is 1. The standard InChI is InChI=1S/C15H15BrN2O2/c1-9-7-11(3-4-12(9)16)18-10(2)8-13(17-18)15(5-6-15)14(19)20/h3-4,7-8H,5-6H2,1-2H3,(H,19,20). The second-order valence-electron chi connectivity index (χ2n) is 5.40. The molecule has 0 bridgehead atoms. The average molecular weight is 335 g/mol. The number of hydrogen-bond acceptors (Lipinski definition) is 2. The van der Waals surface area contributed by atoms with Gasteiger partial charge >= 0.3 is 5.97 Å². The molecule has 5 heteroatoms. The van der Waals surface area contributed by atoms with Crippen molar-refractivity contribution in [3.05, 3.63) is 45.7 Å². The number of carbonyl (C=O) groups is 1. The lowest BCUT2D eigenvalue weighted by molar-refractivity contribution is -0.140. The molecule has 4 nitrogen and oxygen atoms in total. The quantitative estimate of drug-likeness (QED) is 0.936. The number of hydrogen-bond donors (Lipinski definition) is 1. The van der Waals surface area contributed by atoms with Crippen molar-refractivity contribution in [1.29, 1.82) is 0 Å². The van der Waals surface area contributed by atoms with E-state index in [1.807, 2.05) is 42.8 Å². The largest absolute Gasteiger partial charge is 0.481 e. The predicted molar refractivity (Wildman–Crippen MR) is 79.3 cm³/mol. The first-order chi connectivity index (χ1) is 9.44. The topological polar surface area (TPSA) is 55.1 Å². The summed E-state index contributed by atoms with van der Waals surface area (Å²) >= 11 is 3.48. The highest BCUT2D eigenvalue weighted by atomic mass is 79.9. The molecule has 0 spiro atoms. The van der Waals surface area contributed by atoms with Crippen LogP contribution in [0.2, 0.25) is 0 Å². The molecular weight excluding hydrogens is 320 g/mol. The van der Waals surface area contributed by atoms with Gasteiger partial charge in [-0.15, -0.1) is 0 Å². The lowest BCUT2D eigenvalue weighted by atomic mass is 10.0. The zero-order valence-corrected chi connectivity index (χ0v) is 12.9. The van der Waals surface area contributed by atoms with Gasteiger partial charge in [-0.25, -0.2) is 4.68 Å². The highest BCUT2D eigenvalue weighted by Gasteiger charge is 2.53. The molecule has 1 N–H and O–H groups in total. The Hall–Kier alpha value is -1.62. The summed E-state index contributed by atoms with van der Waals surface area (Å²) in [6, 6.07) is 7.88. The Balaban J connectivity index is 2.05. The maximum Gasteiger partial charge on any atom is 0.315 e. The molecular formula is C15H15BrN2O2. The van der Waals surface area contributed by atoms with Gasteiger partial charge in [-0.3, -0.25) is 4.79 Å². The third kappa shape index (κ3) is 1.97. The maximum atomic E-state index is 11.4. The average Bonchev–Trinajstić information content (AvgIpc) is 3.12. The van der Waals surface area contributed by atoms with Gasteiger partial charge < -0.3 is 5.11 Å². The van der Waals surface area contributed by atoms with E-state index in [9.17, 15) is 9.90 Å². The molecule has 1 fully saturated rings. The second-order valence-corrected chi connectivity index (χ2v) is 6.26. The number of aromatic nitrogens is 2. The first-order valence-electron chi connectivity index (χ1n) is 6.51. The minimum atomic E-state index is -0.769. The van der Waals surface area contributed by atoms with Gasteiger partial charge in [0.05, 0.1) is 11.4 Å². The van der Waals surface area contributed by atoms with Crippen LogP contribution in [0, 0.1) is 13.8 Å². The van der Waals surface area contributed by atoms with Crippen molar-refractivity contribution in [3.63, 3.8) is 0 Å². The van der Waals surface area contributed by atoms with Gasteiger partial charge in [0.25, 0.3) is 0 Å². The number of aryl methyl sites for hydroxylation is 2. The summed E-state index contributed by atoms with van der Waals surface area (Å²) < 4.78 is 2.87. The minimum Gasteiger partial charge on any atom is -0.481 e. The molecule has 2 aromatic rings. The summed E-state index contributed by atoms with van der Waals surface area (Å²) in [5.74, 6) is -0.769. The van der Waals surface area contributed by atoms with Crippen LogP contribution >= 0.6 is 15.9 Å². The Labute approximate surface area is 125 Å². The second kappa shape index (κ2) is 4.45. The maximum absolute atomic E-state index is 11.4. The van der Waals surface area contributed by atoms with Gasteiger partial charge in [0, 0.05) is 10.2 Å². The fourth-order valence-electron chi connectivity index (χ4n) is 2.43. The molecule has 1 aromatic carbocycles. The third-order valence-corrected chi connectivity index (χ3v) is 4.81. The van der Waals surface area contributed by atoms with E-state index < -0.39 is 11.4 Å². The highest BCUT2D eigenvalue weighted by molar-refractivity contribution is 9.10. The van der Waals surface area contributed by atoms with Gasteiger partial charge in [-0.2, -0.15) is 5.10 Å². The summed E-state index contributed by atoms with van der Waals surface area (Å²) in [5.41, 5.74) is 2.95. The molecule has 3 rings (SSSR count). The zero-order valence-electron chi connectivity index (χ0n) is 11.4. The fraction of sp³-hybridized carbons (Fsp3) is 0.333. The van der Waals surface area contributed by atoms with E-state index in [2.05, 4.69) is 21.0 Å². The van der Waals surface area contributed by atoms with E-state index >= 15 is 0 Å². The first kappa shape index (κ1) is 13.4. The van der Waals surface area contributed by atoms with Crippen molar-refractivity contribution in [2.24, 2.45) is 0 Å². The molecule has 1 heterocycles. The summed E-state index contributed by atoms with van der Waals surface area (Å²) in [6.45, 7) is 3.97. The van der Waals surface area contributed by atoms with E-state index in [-0.39, 0.29) is 0 Å². The van der Waals surface area contributed by atoms with E-state index in [0.29, 0.717) is 18.5 Å². The van der Waals surface area contributed by atoms with Gasteiger partial charge in [0.1, 0.15) is 5.41 Å². The van der Waals surface area contributed by atoms with Crippen molar-refractivity contribution in [2.75, 3.05) is 0 Å². The van der Waals surface area contributed by atoms with Crippen molar-refractivity contribution in [3.8, 4) is 5.69 Å². The molecule has 20 heavy (non-hydrogen) atoms. The van der Waals surface area contributed by atoms with Crippen molar-refractivity contribution in [2.45, 2.75) is 32.1 Å². The van der Waals surface area contributed by atoms with E-state index in [4.69, 9.17) is 0 Å². The van der Waals surface area contributed by atoms with E-state index in [0.717, 1.165) is 21.4 Å². The number of aliphatic carboxylic acids is 1. The van der Waals surface area contributed by atoms with Gasteiger partial charge in [-0.05, 0) is 56.5 Å². The Morgan fingerprint density at radius 1 is 1.35 bits per heavy atom. The van der Waals surface area contributed by atoms with Crippen molar-refractivity contribution in [1.82, 2.24) is 9.78 Å². The van der Waals surface area contributed by atoms with Crippen LogP contribution in [0.1, 0.15) is 29.8 Å². The van der Waals surface area contributed by atoms with Gasteiger partial charge in [0.2, 0.25) is 0 Å². The summed E-state index contributed by atoms with van der Waals surface area (Å²) in [4.78, 5) is 11.4. The molecule has 0 aliphatic heterocycles. The molecule has 0 radical (unpaired) electrons. The SMILES string of the molecule is Cc1cc(-n2nc(C3(C(=O)O)CC3)cc2C)ccc1Br. The molecule has 1 aliphatic rings. The lowest BCUT2D eigenvalue weighted by Crippen LogP contribution is -2.20. The molecule has 104 valence electrons. The third-order valence-electron chi connectivity index (χ3n) is 3.92. The minimum absolute atomic E-state index is 0.670. The van der Waals surface area contributed by atoms with Gasteiger partial charge in [0.15, 0.2) is 0 Å². The number of halogens is 1. The molecule has 1 aliphatic carbocycles. The molecule has 1 saturated carbocycles. The Morgan fingerprint density at radius 2 is 2.05 bits per heavy atom. The Bertz CT molecular complexity index is 702. The Morgan fingerprint density at radius 3 is 2.60 bits per heavy atom. The van der Waals surface area contributed by atoms with Crippen LogP contribution in [0.5, 0.6) is 0 Å². The van der Waals surface area contributed by atoms with Crippen LogP contribution in [0.15, 0.2) is 28.7 Å². The monoisotopic (exact) mass is 334 g/mol. The normalized spacial score (nSPS) is 16.1. The van der Waals surface area contributed by atoms with Crippen LogP contribution in [-0.4, -0.2) is 20.9 Å². The highest BCUT2D eigenvalue weighted by Crippen LogP contribution is 2.48. The number of nitrogens with zero attached hydrogens (tertiary/aromatic N) is 2. The van der Waals surface area contributed by atoms with E-state index in [1.165, 1.54) is 0 Å². The molecule has 0 unspecified atom stereocenters. The number of benzene rings is 1. The summed E-state index contributed by atoms with van der Waals surface area (Å²) in [6.07, 6.45) is 1.36. The van der Waals surface area contributed by atoms with Crippen LogP contribution in [0.3, 0.4) is 0 Å². The van der Waals surface area contributed by atoms with E-state index in [1.54, 1.807) is 0 Å².